The van der Waals surface area contributed by atoms with Crippen molar-refractivity contribution in [3.63, 3.8) is 0 Å². The molecular formula is C27H36O8. The van der Waals surface area contributed by atoms with E-state index in [4.69, 9.17) is 23.7 Å². The van der Waals surface area contributed by atoms with E-state index in [-0.39, 0.29) is 47.8 Å². The first-order chi connectivity index (χ1) is 16.7. The smallest absolute Gasteiger partial charge is 0.305 e. The van der Waals surface area contributed by atoms with Crippen LogP contribution in [0.1, 0.15) is 46.6 Å². The van der Waals surface area contributed by atoms with Crippen molar-refractivity contribution in [2.24, 2.45) is 17.8 Å². The molecule has 1 saturated heterocycles. The normalized spacial score (nSPS) is 30.0. The molecule has 8 atom stereocenters. The summed E-state index contributed by atoms with van der Waals surface area (Å²) >= 11 is 0. The lowest BCUT2D eigenvalue weighted by Gasteiger charge is -2.33. The molecule has 2 aliphatic rings. The van der Waals surface area contributed by atoms with Gasteiger partial charge in [0.2, 0.25) is 6.29 Å². The molecule has 0 aliphatic carbocycles. The van der Waals surface area contributed by atoms with Gasteiger partial charge in [-0.15, -0.1) is 0 Å². The van der Waals surface area contributed by atoms with Crippen LogP contribution in [0.2, 0.25) is 0 Å². The second kappa shape index (κ2) is 12.4. The Hall–Kier alpha value is -2.55. The van der Waals surface area contributed by atoms with Crippen LogP contribution in [0.25, 0.3) is 0 Å². The predicted molar refractivity (Wildman–Crippen MR) is 127 cm³/mol. The van der Waals surface area contributed by atoms with Crippen molar-refractivity contribution in [1.82, 2.24) is 0 Å². The van der Waals surface area contributed by atoms with Crippen LogP contribution in [-0.4, -0.2) is 55.0 Å². The summed E-state index contributed by atoms with van der Waals surface area (Å²) in [5, 5.41) is 0. The van der Waals surface area contributed by atoms with Gasteiger partial charge in [-0.3, -0.25) is 14.4 Å². The number of esters is 2. The number of benzene rings is 1. The van der Waals surface area contributed by atoms with Crippen molar-refractivity contribution in [3.8, 4) is 0 Å². The minimum Gasteiger partial charge on any atom is -0.466 e. The summed E-state index contributed by atoms with van der Waals surface area (Å²) in [7, 11) is 0. The maximum absolute atomic E-state index is 12.6. The maximum Gasteiger partial charge on any atom is 0.305 e. The monoisotopic (exact) mass is 488 g/mol. The summed E-state index contributed by atoms with van der Waals surface area (Å²) in [6.45, 7) is 9.39. The molecule has 0 bridgehead atoms. The summed E-state index contributed by atoms with van der Waals surface area (Å²) < 4.78 is 29.0. The topological polar surface area (TPSA) is 97.4 Å². The highest BCUT2D eigenvalue weighted by Gasteiger charge is 2.48. The van der Waals surface area contributed by atoms with Gasteiger partial charge in [-0.25, -0.2) is 0 Å². The minimum absolute atomic E-state index is 0.0332. The summed E-state index contributed by atoms with van der Waals surface area (Å²) in [5.41, 5.74) is 1.06. The van der Waals surface area contributed by atoms with Crippen molar-refractivity contribution in [2.45, 2.75) is 78.4 Å². The fourth-order valence-electron chi connectivity index (χ4n) is 4.78. The number of hydrogen-bond donors (Lipinski definition) is 0. The Kier molecular flexibility index (Phi) is 9.60. The van der Waals surface area contributed by atoms with Crippen molar-refractivity contribution in [2.75, 3.05) is 6.61 Å². The zero-order chi connectivity index (χ0) is 25.5. The van der Waals surface area contributed by atoms with E-state index in [1.807, 2.05) is 44.2 Å². The highest BCUT2D eigenvalue weighted by Crippen LogP contribution is 2.39. The average Bonchev–Trinajstić information content (AvgIpc) is 3.12. The summed E-state index contributed by atoms with van der Waals surface area (Å²) in [5.74, 6) is -1.26. The van der Waals surface area contributed by atoms with E-state index in [2.05, 4.69) is 6.92 Å². The Bertz CT molecular complexity index is 898. The van der Waals surface area contributed by atoms with Gasteiger partial charge in [0, 0.05) is 25.7 Å². The van der Waals surface area contributed by atoms with Gasteiger partial charge < -0.3 is 23.7 Å². The van der Waals surface area contributed by atoms with Crippen molar-refractivity contribution >= 4 is 17.7 Å². The molecule has 2 aliphatic heterocycles. The first-order valence-corrected chi connectivity index (χ1v) is 12.1. The molecule has 2 unspecified atom stereocenters. The van der Waals surface area contributed by atoms with Gasteiger partial charge in [0.05, 0.1) is 31.5 Å². The molecule has 2 heterocycles. The van der Waals surface area contributed by atoms with E-state index < -0.39 is 18.4 Å². The van der Waals surface area contributed by atoms with E-state index >= 15 is 0 Å². The molecule has 35 heavy (non-hydrogen) atoms. The molecule has 1 aromatic carbocycles. The Morgan fingerprint density at radius 2 is 1.77 bits per heavy atom. The fraction of sp³-hybridized carbons (Fsp3) is 0.593. The van der Waals surface area contributed by atoms with Gasteiger partial charge >= 0.3 is 11.9 Å². The summed E-state index contributed by atoms with van der Waals surface area (Å²) in [6, 6.07) is 9.91. The largest absolute Gasteiger partial charge is 0.466 e. The Balaban J connectivity index is 1.73. The zero-order valence-electron chi connectivity index (χ0n) is 21.0. The first-order valence-electron chi connectivity index (χ1n) is 12.1. The maximum atomic E-state index is 12.6. The number of carbonyl (C=O) groups excluding carboxylic acids is 3. The lowest BCUT2D eigenvalue weighted by atomic mass is 9.84. The van der Waals surface area contributed by atoms with Gasteiger partial charge in [0.15, 0.2) is 5.78 Å². The Morgan fingerprint density at radius 3 is 2.43 bits per heavy atom. The lowest BCUT2D eigenvalue weighted by Crippen LogP contribution is -2.44. The molecule has 0 aromatic heterocycles. The van der Waals surface area contributed by atoms with Crippen LogP contribution in [0.4, 0.5) is 0 Å². The molecule has 8 nitrogen and oxygen atoms in total. The van der Waals surface area contributed by atoms with Crippen LogP contribution >= 0.6 is 0 Å². The average molecular weight is 489 g/mol. The first kappa shape index (κ1) is 27.0. The number of ketones is 1. The quantitative estimate of drug-likeness (QED) is 0.461. The highest BCUT2D eigenvalue weighted by molar-refractivity contribution is 5.94. The van der Waals surface area contributed by atoms with E-state index in [9.17, 15) is 14.4 Å². The molecule has 1 aromatic rings. The fourth-order valence-corrected chi connectivity index (χ4v) is 4.78. The van der Waals surface area contributed by atoms with Crippen LogP contribution in [0.5, 0.6) is 0 Å². The number of hydrogen-bond acceptors (Lipinski definition) is 8. The van der Waals surface area contributed by atoms with Gasteiger partial charge in [-0.2, -0.15) is 0 Å². The molecule has 0 spiro atoms. The van der Waals surface area contributed by atoms with E-state index in [1.54, 1.807) is 0 Å². The van der Waals surface area contributed by atoms with Crippen molar-refractivity contribution in [3.05, 3.63) is 48.0 Å². The lowest BCUT2D eigenvalue weighted by molar-refractivity contribution is -0.189. The Morgan fingerprint density at radius 1 is 1.06 bits per heavy atom. The van der Waals surface area contributed by atoms with E-state index in [0.717, 1.165) is 5.56 Å². The van der Waals surface area contributed by atoms with Gasteiger partial charge in [-0.1, -0.05) is 51.1 Å². The third-order valence-corrected chi connectivity index (χ3v) is 6.48. The second-order valence-electron chi connectivity index (χ2n) is 9.56. The van der Waals surface area contributed by atoms with E-state index in [1.165, 1.54) is 26.0 Å². The zero-order valence-corrected chi connectivity index (χ0v) is 21.0. The molecular weight excluding hydrogens is 452 g/mol. The van der Waals surface area contributed by atoms with Crippen LogP contribution in [0.3, 0.4) is 0 Å². The second-order valence-corrected chi connectivity index (χ2v) is 9.56. The molecule has 3 rings (SSSR count). The van der Waals surface area contributed by atoms with Crippen molar-refractivity contribution < 1.29 is 38.1 Å². The summed E-state index contributed by atoms with van der Waals surface area (Å²) in [4.78, 5) is 35.2. The van der Waals surface area contributed by atoms with Crippen LogP contribution in [0.15, 0.2) is 42.5 Å². The molecule has 0 amide bonds. The predicted octanol–water partition coefficient (Wildman–Crippen LogP) is 3.61. The van der Waals surface area contributed by atoms with Gasteiger partial charge in [0.25, 0.3) is 0 Å². The molecule has 0 N–H and O–H groups in total. The van der Waals surface area contributed by atoms with Crippen LogP contribution in [0, 0.1) is 17.8 Å². The van der Waals surface area contributed by atoms with E-state index in [0.29, 0.717) is 19.6 Å². The summed E-state index contributed by atoms with van der Waals surface area (Å²) in [6.07, 6.45) is 0.987. The molecule has 0 radical (unpaired) electrons. The molecule has 192 valence electrons. The standard InChI is InChI=1S/C27H36O8/c1-16(14-31-19(4)28)13-23-27(32-15-21-9-7-6-8-10-21)18(3)25(34-23)17(2)26-22(30)11-12-24(35-26)33-20(5)29/h6-12,16-18,23-27H,13-15H2,1-5H3/t16-,17+,18+,23-,24?,25+,26?,27-/m1/s1. The number of carbonyl (C=O) groups is 3. The minimum atomic E-state index is -0.904. The van der Waals surface area contributed by atoms with Crippen LogP contribution < -0.4 is 0 Å². The molecule has 8 heteroatoms. The molecule has 0 saturated carbocycles. The Labute approximate surface area is 206 Å². The van der Waals surface area contributed by atoms with Crippen molar-refractivity contribution in [1.29, 1.82) is 0 Å². The number of rotatable bonds is 10. The van der Waals surface area contributed by atoms with Crippen LogP contribution in [-0.2, 0) is 44.7 Å². The SMILES string of the molecule is CC(=O)OC[C@H](C)C[C@H]1O[C@@H]([C@H](C)C2OC(OC(C)=O)C=CC2=O)[C@H](C)[C@H]1OCc1ccccc1. The highest BCUT2D eigenvalue weighted by atomic mass is 16.7. The third kappa shape index (κ3) is 7.46. The van der Waals surface area contributed by atoms with Gasteiger partial charge in [-0.05, 0) is 30.1 Å². The van der Waals surface area contributed by atoms with Gasteiger partial charge in [0.1, 0.15) is 6.10 Å². The number of ether oxygens (including phenoxy) is 5. The molecule has 1 fully saturated rings. The third-order valence-electron chi connectivity index (χ3n) is 6.48.